The molecule has 1 aromatic heterocycles. The summed E-state index contributed by atoms with van der Waals surface area (Å²) in [7, 11) is 0. The minimum Gasteiger partial charge on any atom is -0.493 e. The highest BCUT2D eigenvalue weighted by Crippen LogP contribution is 2.31. The molecule has 4 rings (SSSR count). The third kappa shape index (κ3) is 2.65. The molecule has 0 bridgehead atoms. The summed E-state index contributed by atoms with van der Waals surface area (Å²) >= 11 is 0. The van der Waals surface area contributed by atoms with E-state index in [0.717, 1.165) is 38.9 Å². The van der Waals surface area contributed by atoms with E-state index < -0.39 is 0 Å². The number of nitrogens with zero attached hydrogens (tertiary/aromatic N) is 1. The third-order valence-corrected chi connectivity index (χ3v) is 3.93. The Labute approximate surface area is 140 Å². The van der Waals surface area contributed by atoms with Gasteiger partial charge in [0.05, 0.1) is 12.3 Å². The molecule has 0 atom stereocenters. The summed E-state index contributed by atoms with van der Waals surface area (Å²) in [5, 5.41) is 2.19. The normalized spacial score (nSPS) is 11.5. The van der Waals surface area contributed by atoms with E-state index >= 15 is 0 Å². The van der Waals surface area contributed by atoms with Crippen molar-refractivity contribution in [1.29, 1.82) is 0 Å². The fraction of sp³-hybridized carbons (Fsp3) is 0.0952. The van der Waals surface area contributed by atoms with Gasteiger partial charge in [0, 0.05) is 22.6 Å². The summed E-state index contributed by atoms with van der Waals surface area (Å²) in [5.74, 6) is 0.846. The van der Waals surface area contributed by atoms with Crippen molar-refractivity contribution in [3.05, 3.63) is 72.3 Å². The van der Waals surface area contributed by atoms with Crippen molar-refractivity contribution in [1.82, 2.24) is 0 Å². The lowest BCUT2D eigenvalue weighted by atomic mass is 10.1. The molecular weight excluding hydrogens is 298 g/mol. The van der Waals surface area contributed by atoms with E-state index in [9.17, 15) is 0 Å². The molecule has 0 saturated carbocycles. The van der Waals surface area contributed by atoms with Gasteiger partial charge in [-0.15, -0.1) is 0 Å². The van der Waals surface area contributed by atoms with Crippen LogP contribution < -0.4 is 4.74 Å². The second kappa shape index (κ2) is 6.20. The number of hydrogen-bond acceptors (Lipinski definition) is 3. The first-order valence-electron chi connectivity index (χ1n) is 8.02. The van der Waals surface area contributed by atoms with Gasteiger partial charge in [-0.05, 0) is 43.3 Å². The first-order valence-corrected chi connectivity index (χ1v) is 8.02. The Hall–Kier alpha value is -3.07. The molecule has 3 nitrogen and oxygen atoms in total. The molecule has 118 valence electrons. The van der Waals surface area contributed by atoms with Crippen LogP contribution in [0, 0.1) is 0 Å². The Morgan fingerprint density at radius 2 is 1.71 bits per heavy atom. The lowest BCUT2D eigenvalue weighted by Gasteiger charge is -2.05. The topological polar surface area (TPSA) is 34.7 Å². The van der Waals surface area contributed by atoms with Gasteiger partial charge in [-0.3, -0.25) is 4.99 Å². The molecule has 3 heteroatoms. The molecule has 0 aliphatic carbocycles. The van der Waals surface area contributed by atoms with Crippen LogP contribution in [-0.4, -0.2) is 12.8 Å². The molecule has 0 amide bonds. The van der Waals surface area contributed by atoms with Crippen LogP contribution in [0.2, 0.25) is 0 Å². The van der Waals surface area contributed by atoms with Gasteiger partial charge in [-0.25, -0.2) is 0 Å². The summed E-state index contributed by atoms with van der Waals surface area (Å²) in [5.41, 5.74) is 3.64. The van der Waals surface area contributed by atoms with Crippen molar-refractivity contribution >= 4 is 33.8 Å². The maximum atomic E-state index is 5.85. The summed E-state index contributed by atoms with van der Waals surface area (Å²) in [6.45, 7) is 2.61. The van der Waals surface area contributed by atoms with Gasteiger partial charge in [0.25, 0.3) is 0 Å². The Kier molecular flexibility index (Phi) is 3.75. The maximum absolute atomic E-state index is 5.85. The zero-order chi connectivity index (χ0) is 16.4. The monoisotopic (exact) mass is 315 g/mol. The van der Waals surface area contributed by atoms with Crippen molar-refractivity contribution < 1.29 is 9.15 Å². The quantitative estimate of drug-likeness (QED) is 0.450. The number of para-hydroxylation sites is 2. The van der Waals surface area contributed by atoms with Crippen LogP contribution in [0.15, 0.2) is 76.1 Å². The summed E-state index contributed by atoms with van der Waals surface area (Å²) in [6, 6.07) is 21.9. The molecule has 0 fully saturated rings. The highest BCUT2D eigenvalue weighted by Gasteiger charge is 2.06. The Morgan fingerprint density at radius 3 is 2.62 bits per heavy atom. The molecule has 0 saturated heterocycles. The predicted molar refractivity (Wildman–Crippen MR) is 98.6 cm³/mol. The molecule has 0 radical (unpaired) electrons. The molecule has 1 heterocycles. The van der Waals surface area contributed by atoms with Crippen molar-refractivity contribution in [2.45, 2.75) is 6.92 Å². The van der Waals surface area contributed by atoms with Gasteiger partial charge < -0.3 is 9.15 Å². The number of benzene rings is 3. The van der Waals surface area contributed by atoms with Crippen LogP contribution in [0.4, 0.5) is 5.69 Å². The summed E-state index contributed by atoms with van der Waals surface area (Å²) in [4.78, 5) is 4.61. The molecule has 0 spiro atoms. The van der Waals surface area contributed by atoms with Crippen LogP contribution >= 0.6 is 0 Å². The fourth-order valence-electron chi connectivity index (χ4n) is 2.81. The predicted octanol–water partition coefficient (Wildman–Crippen LogP) is 5.74. The van der Waals surface area contributed by atoms with Gasteiger partial charge in [-0.2, -0.15) is 0 Å². The Balaban J connectivity index is 1.73. The molecule has 0 N–H and O–H groups in total. The standard InChI is InChI=1S/C21H17NO2/c1-2-23-19-9-5-3-7-15(19)14-22-16-11-12-21-18(13-16)17-8-4-6-10-20(17)24-21/h3-14H,2H2,1H3. The number of furan rings is 1. The summed E-state index contributed by atoms with van der Waals surface area (Å²) < 4.78 is 11.5. The Morgan fingerprint density at radius 1 is 0.917 bits per heavy atom. The Bertz CT molecular complexity index is 1030. The van der Waals surface area contributed by atoms with Crippen molar-refractivity contribution in [2.75, 3.05) is 6.61 Å². The van der Waals surface area contributed by atoms with Gasteiger partial charge >= 0.3 is 0 Å². The van der Waals surface area contributed by atoms with Gasteiger partial charge in [0.15, 0.2) is 0 Å². The number of hydrogen-bond donors (Lipinski definition) is 0. The highest BCUT2D eigenvalue weighted by atomic mass is 16.5. The maximum Gasteiger partial charge on any atom is 0.135 e. The molecule has 0 unspecified atom stereocenters. The van der Waals surface area contributed by atoms with Gasteiger partial charge in [0.1, 0.15) is 16.9 Å². The van der Waals surface area contributed by atoms with E-state index in [1.807, 2.05) is 67.7 Å². The second-order valence-electron chi connectivity index (χ2n) is 5.51. The van der Waals surface area contributed by atoms with Crippen molar-refractivity contribution in [3.63, 3.8) is 0 Å². The number of aliphatic imine (C=N–C) groups is 1. The molecule has 3 aromatic carbocycles. The molecule has 0 aliphatic heterocycles. The van der Waals surface area contributed by atoms with E-state index in [0.29, 0.717) is 6.61 Å². The first kappa shape index (κ1) is 14.5. The molecule has 24 heavy (non-hydrogen) atoms. The van der Waals surface area contributed by atoms with Crippen molar-refractivity contribution in [3.8, 4) is 5.75 Å². The van der Waals surface area contributed by atoms with Crippen LogP contribution in [0.3, 0.4) is 0 Å². The number of fused-ring (bicyclic) bond motifs is 3. The molecular formula is C21H17NO2. The average molecular weight is 315 g/mol. The van der Waals surface area contributed by atoms with E-state index in [-0.39, 0.29) is 0 Å². The largest absolute Gasteiger partial charge is 0.493 e. The SMILES string of the molecule is CCOc1ccccc1C=Nc1ccc2oc3ccccc3c2c1. The van der Waals surface area contributed by atoms with E-state index in [4.69, 9.17) is 9.15 Å². The minimum atomic E-state index is 0.637. The third-order valence-electron chi connectivity index (χ3n) is 3.93. The first-order chi connectivity index (χ1) is 11.8. The van der Waals surface area contributed by atoms with Gasteiger partial charge in [-0.1, -0.05) is 30.3 Å². The van der Waals surface area contributed by atoms with E-state index in [2.05, 4.69) is 17.1 Å². The highest BCUT2D eigenvalue weighted by molar-refractivity contribution is 6.06. The van der Waals surface area contributed by atoms with E-state index in [1.54, 1.807) is 0 Å². The van der Waals surface area contributed by atoms with E-state index in [1.165, 1.54) is 0 Å². The second-order valence-corrected chi connectivity index (χ2v) is 5.51. The average Bonchev–Trinajstić information content (AvgIpc) is 2.99. The zero-order valence-corrected chi connectivity index (χ0v) is 13.4. The lowest BCUT2D eigenvalue weighted by molar-refractivity contribution is 0.340. The number of rotatable bonds is 4. The van der Waals surface area contributed by atoms with Crippen LogP contribution in [-0.2, 0) is 0 Å². The fourth-order valence-corrected chi connectivity index (χ4v) is 2.81. The minimum absolute atomic E-state index is 0.637. The summed E-state index contributed by atoms with van der Waals surface area (Å²) in [6.07, 6.45) is 1.84. The molecule has 4 aromatic rings. The smallest absolute Gasteiger partial charge is 0.135 e. The lowest BCUT2D eigenvalue weighted by Crippen LogP contribution is -1.95. The van der Waals surface area contributed by atoms with Crippen LogP contribution in [0.5, 0.6) is 5.75 Å². The number of ether oxygens (including phenoxy) is 1. The zero-order valence-electron chi connectivity index (χ0n) is 13.4. The van der Waals surface area contributed by atoms with Crippen molar-refractivity contribution in [2.24, 2.45) is 4.99 Å². The molecule has 0 aliphatic rings. The van der Waals surface area contributed by atoms with Crippen LogP contribution in [0.1, 0.15) is 12.5 Å². The van der Waals surface area contributed by atoms with Crippen LogP contribution in [0.25, 0.3) is 21.9 Å². The van der Waals surface area contributed by atoms with Gasteiger partial charge in [0.2, 0.25) is 0 Å².